The first kappa shape index (κ1) is 18.8. The zero-order valence-corrected chi connectivity index (χ0v) is 17.3. The summed E-state index contributed by atoms with van der Waals surface area (Å²) in [6, 6.07) is 15.4. The Morgan fingerprint density at radius 2 is 1.83 bits per heavy atom. The van der Waals surface area contributed by atoms with Crippen LogP contribution in [0.2, 0.25) is 5.02 Å². The van der Waals surface area contributed by atoms with Crippen LogP contribution in [0.3, 0.4) is 0 Å². The SMILES string of the molecule is COc1ccccc1[C@@H]1CC(=O)c2nnc3c(-c4ccc(Cl)cc4)c(C)nn3c2C1. The normalized spacial score (nSPS) is 16.0. The summed E-state index contributed by atoms with van der Waals surface area (Å²) in [5.74, 6) is 0.760. The monoisotopic (exact) mass is 418 g/mol. The van der Waals surface area contributed by atoms with Crippen LogP contribution >= 0.6 is 11.6 Å². The summed E-state index contributed by atoms with van der Waals surface area (Å²) >= 11 is 6.04. The minimum absolute atomic E-state index is 0.00274. The van der Waals surface area contributed by atoms with Crippen molar-refractivity contribution in [1.29, 1.82) is 0 Å². The number of Topliss-reactive ketones (excluding diaryl/α,β-unsaturated/α-hetero) is 1. The van der Waals surface area contributed by atoms with E-state index in [1.54, 1.807) is 11.6 Å². The van der Waals surface area contributed by atoms with Crippen molar-refractivity contribution in [2.75, 3.05) is 7.11 Å². The summed E-state index contributed by atoms with van der Waals surface area (Å²) < 4.78 is 7.31. The van der Waals surface area contributed by atoms with Gasteiger partial charge in [0, 0.05) is 17.4 Å². The maximum absolute atomic E-state index is 12.9. The van der Waals surface area contributed by atoms with Crippen molar-refractivity contribution in [3.8, 4) is 16.9 Å². The predicted octanol–water partition coefficient (Wildman–Crippen LogP) is 4.67. The van der Waals surface area contributed by atoms with Gasteiger partial charge in [-0.3, -0.25) is 4.79 Å². The molecule has 2 aromatic carbocycles. The maximum atomic E-state index is 12.9. The summed E-state index contributed by atoms with van der Waals surface area (Å²) in [6.07, 6.45) is 1.01. The van der Waals surface area contributed by atoms with E-state index < -0.39 is 0 Å². The van der Waals surface area contributed by atoms with E-state index >= 15 is 0 Å². The molecule has 150 valence electrons. The highest BCUT2D eigenvalue weighted by molar-refractivity contribution is 6.30. The van der Waals surface area contributed by atoms with Crippen LogP contribution < -0.4 is 4.74 Å². The molecule has 0 N–H and O–H groups in total. The van der Waals surface area contributed by atoms with Crippen molar-refractivity contribution in [1.82, 2.24) is 19.8 Å². The van der Waals surface area contributed by atoms with Gasteiger partial charge in [-0.1, -0.05) is 41.9 Å². The number of ketones is 1. The van der Waals surface area contributed by atoms with Gasteiger partial charge in [-0.15, -0.1) is 10.2 Å². The Morgan fingerprint density at radius 1 is 1.07 bits per heavy atom. The molecule has 0 saturated heterocycles. The number of carbonyl (C=O) groups excluding carboxylic acids is 1. The molecule has 0 unspecified atom stereocenters. The van der Waals surface area contributed by atoms with Crippen LogP contribution in [0.25, 0.3) is 16.8 Å². The average molecular weight is 419 g/mol. The topological polar surface area (TPSA) is 69.4 Å². The zero-order valence-electron chi connectivity index (χ0n) is 16.6. The molecular weight excluding hydrogens is 400 g/mol. The number of nitrogens with zero attached hydrogens (tertiary/aromatic N) is 4. The zero-order chi connectivity index (χ0) is 20.8. The van der Waals surface area contributed by atoms with E-state index in [1.165, 1.54) is 0 Å². The lowest BCUT2D eigenvalue weighted by atomic mass is 9.83. The molecule has 5 rings (SSSR count). The highest BCUT2D eigenvalue weighted by Crippen LogP contribution is 2.37. The maximum Gasteiger partial charge on any atom is 0.185 e. The highest BCUT2D eigenvalue weighted by atomic mass is 35.5. The second-order valence-corrected chi connectivity index (χ2v) is 7.90. The molecule has 0 radical (unpaired) electrons. The molecule has 30 heavy (non-hydrogen) atoms. The molecule has 2 heterocycles. The molecule has 0 saturated carbocycles. The van der Waals surface area contributed by atoms with Crippen molar-refractivity contribution in [2.45, 2.75) is 25.7 Å². The molecule has 6 nitrogen and oxygen atoms in total. The van der Waals surface area contributed by atoms with Gasteiger partial charge in [0.15, 0.2) is 17.1 Å². The predicted molar refractivity (Wildman–Crippen MR) is 114 cm³/mol. The lowest BCUT2D eigenvalue weighted by Gasteiger charge is -2.24. The van der Waals surface area contributed by atoms with Crippen molar-refractivity contribution < 1.29 is 9.53 Å². The third kappa shape index (κ3) is 2.95. The quantitative estimate of drug-likeness (QED) is 0.483. The molecule has 0 bridgehead atoms. The summed E-state index contributed by atoms with van der Waals surface area (Å²) in [4.78, 5) is 12.9. The molecule has 1 atom stereocenters. The van der Waals surface area contributed by atoms with Gasteiger partial charge in [-0.05, 0) is 42.7 Å². The van der Waals surface area contributed by atoms with Gasteiger partial charge in [-0.2, -0.15) is 5.10 Å². The third-order valence-corrected chi connectivity index (χ3v) is 5.91. The molecule has 2 aromatic heterocycles. The molecule has 0 amide bonds. The number of ether oxygens (including phenoxy) is 1. The minimum Gasteiger partial charge on any atom is -0.496 e. The standard InChI is InChI=1S/C23H19ClN4O2/c1-13-21(14-7-9-16(24)10-8-14)23-26-25-22-18(28(23)27-13)11-15(12-19(22)29)17-5-3-4-6-20(17)30-2/h3-10,15H,11-12H2,1-2H3/t15-/m0/s1. The van der Waals surface area contributed by atoms with Gasteiger partial charge in [0.2, 0.25) is 0 Å². The summed E-state index contributed by atoms with van der Waals surface area (Å²) in [5, 5.41) is 14.1. The van der Waals surface area contributed by atoms with E-state index in [-0.39, 0.29) is 11.7 Å². The van der Waals surface area contributed by atoms with Crippen LogP contribution in [-0.4, -0.2) is 32.7 Å². The largest absolute Gasteiger partial charge is 0.496 e. The molecule has 4 aromatic rings. The van der Waals surface area contributed by atoms with Crippen LogP contribution in [0, 0.1) is 6.92 Å². The Labute approximate surface area is 178 Å². The number of halogens is 1. The first-order valence-corrected chi connectivity index (χ1v) is 10.1. The van der Waals surface area contributed by atoms with Crippen LogP contribution in [0.15, 0.2) is 48.5 Å². The average Bonchev–Trinajstić information content (AvgIpc) is 3.10. The number of aryl methyl sites for hydroxylation is 1. The fraction of sp³-hybridized carbons (Fsp3) is 0.217. The Hall–Kier alpha value is -3.25. The van der Waals surface area contributed by atoms with Crippen molar-refractivity contribution in [3.63, 3.8) is 0 Å². The summed E-state index contributed by atoms with van der Waals surface area (Å²) in [5.41, 5.74) is 5.53. The fourth-order valence-corrected chi connectivity index (χ4v) is 4.38. The van der Waals surface area contributed by atoms with E-state index in [1.807, 2.05) is 55.5 Å². The lowest BCUT2D eigenvalue weighted by molar-refractivity contribution is 0.0955. The Balaban J connectivity index is 1.66. The van der Waals surface area contributed by atoms with Gasteiger partial charge in [0.1, 0.15) is 5.75 Å². The minimum atomic E-state index is -0.0252. The summed E-state index contributed by atoms with van der Waals surface area (Å²) in [6.45, 7) is 1.94. The van der Waals surface area contributed by atoms with E-state index in [0.29, 0.717) is 29.2 Å². The number of benzene rings is 2. The molecule has 1 aliphatic carbocycles. The number of rotatable bonds is 3. The van der Waals surface area contributed by atoms with E-state index in [4.69, 9.17) is 21.4 Å². The lowest BCUT2D eigenvalue weighted by Crippen LogP contribution is -2.24. The van der Waals surface area contributed by atoms with Crippen LogP contribution in [-0.2, 0) is 6.42 Å². The van der Waals surface area contributed by atoms with Crippen LogP contribution in [0.4, 0.5) is 0 Å². The fourth-order valence-electron chi connectivity index (χ4n) is 4.26. The Bertz CT molecular complexity index is 1280. The Kier molecular flexibility index (Phi) is 4.51. The highest BCUT2D eigenvalue weighted by Gasteiger charge is 2.32. The van der Waals surface area contributed by atoms with Gasteiger partial charge in [0.05, 0.1) is 24.1 Å². The molecule has 0 fully saturated rings. The molecular formula is C23H19ClN4O2. The van der Waals surface area contributed by atoms with Crippen molar-refractivity contribution >= 4 is 23.0 Å². The molecule has 1 aliphatic rings. The number of hydrogen-bond acceptors (Lipinski definition) is 5. The number of fused-ring (bicyclic) bond motifs is 3. The molecule has 0 spiro atoms. The Morgan fingerprint density at radius 3 is 2.60 bits per heavy atom. The summed E-state index contributed by atoms with van der Waals surface area (Å²) in [7, 11) is 1.65. The number of hydrogen-bond donors (Lipinski definition) is 0. The number of aromatic nitrogens is 4. The number of methoxy groups -OCH3 is 1. The van der Waals surface area contributed by atoms with Gasteiger partial charge < -0.3 is 4.74 Å². The first-order chi connectivity index (χ1) is 14.6. The molecule has 7 heteroatoms. The van der Waals surface area contributed by atoms with Gasteiger partial charge in [0.25, 0.3) is 0 Å². The third-order valence-electron chi connectivity index (χ3n) is 5.66. The smallest absolute Gasteiger partial charge is 0.185 e. The van der Waals surface area contributed by atoms with Gasteiger partial charge >= 0.3 is 0 Å². The van der Waals surface area contributed by atoms with Gasteiger partial charge in [-0.25, -0.2) is 4.52 Å². The second-order valence-electron chi connectivity index (χ2n) is 7.47. The van der Waals surface area contributed by atoms with E-state index in [0.717, 1.165) is 33.8 Å². The number of para-hydroxylation sites is 1. The first-order valence-electron chi connectivity index (χ1n) is 9.73. The van der Waals surface area contributed by atoms with Crippen LogP contribution in [0.1, 0.15) is 39.8 Å². The number of carbonyl (C=O) groups is 1. The van der Waals surface area contributed by atoms with Crippen molar-refractivity contribution in [3.05, 3.63) is 76.2 Å². The second kappa shape index (κ2) is 7.22. The van der Waals surface area contributed by atoms with Crippen LogP contribution in [0.5, 0.6) is 5.75 Å². The van der Waals surface area contributed by atoms with Crippen molar-refractivity contribution in [2.24, 2.45) is 0 Å². The molecule has 0 aliphatic heterocycles. The van der Waals surface area contributed by atoms with E-state index in [2.05, 4.69) is 10.2 Å². The van der Waals surface area contributed by atoms with E-state index in [9.17, 15) is 4.79 Å².